The summed E-state index contributed by atoms with van der Waals surface area (Å²) in [5.74, 6) is 1.66. The van der Waals surface area contributed by atoms with Crippen LogP contribution in [0.3, 0.4) is 0 Å². The molecule has 0 amide bonds. The van der Waals surface area contributed by atoms with Gasteiger partial charge in [0.15, 0.2) is 11.6 Å². The van der Waals surface area contributed by atoms with Gasteiger partial charge in [0.2, 0.25) is 0 Å². The first-order valence-corrected chi connectivity index (χ1v) is 11.1. The van der Waals surface area contributed by atoms with Gasteiger partial charge in [-0.25, -0.2) is 0 Å². The van der Waals surface area contributed by atoms with Crippen molar-refractivity contribution in [1.82, 2.24) is 25.3 Å². The van der Waals surface area contributed by atoms with E-state index in [2.05, 4.69) is 25.5 Å². The molecular formula is C23H26N6O3. The van der Waals surface area contributed by atoms with Crippen LogP contribution >= 0.6 is 0 Å². The SMILES string of the molecule is Cn1cc(-c2ccc(-c3cc4c(nn3)N(C3CC5COCC(C3)N5)CCO4)c(O)c2)cn1. The number of anilines is 1. The van der Waals surface area contributed by atoms with Gasteiger partial charge in [0.05, 0.1) is 26.0 Å². The van der Waals surface area contributed by atoms with E-state index in [0.29, 0.717) is 36.0 Å². The Balaban J connectivity index is 1.28. The molecule has 9 nitrogen and oxygen atoms in total. The molecule has 6 rings (SSSR count). The number of phenols is 1. The van der Waals surface area contributed by atoms with Crippen LogP contribution in [-0.4, -0.2) is 69.6 Å². The van der Waals surface area contributed by atoms with Gasteiger partial charge in [0.1, 0.15) is 18.1 Å². The van der Waals surface area contributed by atoms with E-state index < -0.39 is 0 Å². The van der Waals surface area contributed by atoms with Gasteiger partial charge >= 0.3 is 0 Å². The van der Waals surface area contributed by atoms with Gasteiger partial charge < -0.3 is 24.8 Å². The average molecular weight is 435 g/mol. The minimum Gasteiger partial charge on any atom is -0.507 e. The molecule has 2 atom stereocenters. The third-order valence-electron chi connectivity index (χ3n) is 6.58. The lowest BCUT2D eigenvalue weighted by molar-refractivity contribution is 0.0173. The Labute approximate surface area is 186 Å². The third-order valence-corrected chi connectivity index (χ3v) is 6.58. The number of aryl methyl sites for hydroxylation is 1. The molecule has 2 bridgehead atoms. The second kappa shape index (κ2) is 7.75. The molecule has 5 heterocycles. The fraction of sp³-hybridized carbons (Fsp3) is 0.435. The molecule has 2 fully saturated rings. The van der Waals surface area contributed by atoms with Crippen molar-refractivity contribution in [3.05, 3.63) is 36.7 Å². The van der Waals surface area contributed by atoms with Crippen LogP contribution in [0.2, 0.25) is 0 Å². The zero-order chi connectivity index (χ0) is 21.7. The van der Waals surface area contributed by atoms with Crippen LogP contribution in [-0.2, 0) is 11.8 Å². The largest absolute Gasteiger partial charge is 0.507 e. The number of aromatic hydroxyl groups is 1. The Morgan fingerprint density at radius 2 is 1.94 bits per heavy atom. The maximum Gasteiger partial charge on any atom is 0.194 e. The second-order valence-electron chi connectivity index (χ2n) is 8.82. The summed E-state index contributed by atoms with van der Waals surface area (Å²) in [4.78, 5) is 2.34. The lowest BCUT2D eigenvalue weighted by Crippen LogP contribution is -2.59. The minimum atomic E-state index is 0.152. The van der Waals surface area contributed by atoms with Gasteiger partial charge in [-0.2, -0.15) is 5.10 Å². The monoisotopic (exact) mass is 434 g/mol. The molecule has 32 heavy (non-hydrogen) atoms. The highest BCUT2D eigenvalue weighted by molar-refractivity contribution is 5.75. The summed E-state index contributed by atoms with van der Waals surface area (Å²) in [6.07, 6.45) is 5.74. The Morgan fingerprint density at radius 3 is 2.69 bits per heavy atom. The van der Waals surface area contributed by atoms with Gasteiger partial charge in [0.25, 0.3) is 0 Å². The van der Waals surface area contributed by atoms with Crippen molar-refractivity contribution in [2.24, 2.45) is 7.05 Å². The van der Waals surface area contributed by atoms with Crippen LogP contribution in [0.4, 0.5) is 5.82 Å². The van der Waals surface area contributed by atoms with Crippen molar-refractivity contribution in [1.29, 1.82) is 0 Å². The zero-order valence-electron chi connectivity index (χ0n) is 17.9. The molecule has 2 N–H and O–H groups in total. The molecule has 3 aliphatic heterocycles. The van der Waals surface area contributed by atoms with Crippen molar-refractivity contribution in [3.8, 4) is 33.9 Å². The molecule has 0 radical (unpaired) electrons. The first-order valence-electron chi connectivity index (χ1n) is 11.1. The predicted molar refractivity (Wildman–Crippen MR) is 119 cm³/mol. The van der Waals surface area contributed by atoms with E-state index in [-0.39, 0.29) is 5.75 Å². The van der Waals surface area contributed by atoms with Gasteiger partial charge in [-0.1, -0.05) is 6.07 Å². The van der Waals surface area contributed by atoms with Crippen molar-refractivity contribution in [3.63, 3.8) is 0 Å². The van der Waals surface area contributed by atoms with Crippen LogP contribution in [0, 0.1) is 0 Å². The normalized spacial score (nSPS) is 24.7. The van der Waals surface area contributed by atoms with E-state index in [1.54, 1.807) is 16.9 Å². The first-order chi connectivity index (χ1) is 15.6. The molecule has 166 valence electrons. The van der Waals surface area contributed by atoms with Crippen LogP contribution in [0.5, 0.6) is 11.5 Å². The molecular weight excluding hydrogens is 408 g/mol. The Kier molecular flexibility index (Phi) is 4.73. The Hall–Kier alpha value is -3.17. The number of nitrogens with zero attached hydrogens (tertiary/aromatic N) is 5. The molecule has 2 unspecified atom stereocenters. The van der Waals surface area contributed by atoms with Gasteiger partial charge in [-0.05, 0) is 30.5 Å². The smallest absolute Gasteiger partial charge is 0.194 e. The first kappa shape index (κ1) is 19.5. The quantitative estimate of drug-likeness (QED) is 0.646. The highest BCUT2D eigenvalue weighted by Gasteiger charge is 2.37. The number of phenolic OH excluding ortho intramolecular Hbond substituents is 1. The maximum absolute atomic E-state index is 10.7. The van der Waals surface area contributed by atoms with E-state index in [9.17, 15) is 5.11 Å². The summed E-state index contributed by atoms with van der Waals surface area (Å²) in [5.41, 5.74) is 3.06. The van der Waals surface area contributed by atoms with E-state index in [1.807, 2.05) is 31.4 Å². The summed E-state index contributed by atoms with van der Waals surface area (Å²) in [6, 6.07) is 8.61. The lowest BCUT2D eigenvalue weighted by Gasteiger charge is -2.45. The van der Waals surface area contributed by atoms with E-state index >= 15 is 0 Å². The van der Waals surface area contributed by atoms with Crippen molar-refractivity contribution in [2.75, 3.05) is 31.3 Å². The minimum absolute atomic E-state index is 0.152. The molecule has 9 heteroatoms. The predicted octanol–water partition coefficient (Wildman–Crippen LogP) is 1.97. The Bertz CT molecular complexity index is 1140. The molecule has 0 saturated carbocycles. The molecule has 0 spiro atoms. The fourth-order valence-electron chi connectivity index (χ4n) is 5.08. The van der Waals surface area contributed by atoms with Gasteiger partial charge in [-0.3, -0.25) is 4.68 Å². The number of hydrogen-bond acceptors (Lipinski definition) is 8. The third kappa shape index (κ3) is 3.47. The van der Waals surface area contributed by atoms with Crippen LogP contribution < -0.4 is 15.0 Å². The zero-order valence-corrected chi connectivity index (χ0v) is 17.9. The maximum atomic E-state index is 10.7. The lowest BCUT2D eigenvalue weighted by atomic mass is 9.91. The van der Waals surface area contributed by atoms with E-state index in [4.69, 9.17) is 9.47 Å². The number of nitrogens with one attached hydrogen (secondary N) is 1. The van der Waals surface area contributed by atoms with Crippen LogP contribution in [0.1, 0.15) is 12.8 Å². The average Bonchev–Trinajstić information content (AvgIpc) is 3.24. The van der Waals surface area contributed by atoms with E-state index in [1.165, 1.54) is 0 Å². The summed E-state index contributed by atoms with van der Waals surface area (Å²) >= 11 is 0. The highest BCUT2D eigenvalue weighted by Crippen LogP contribution is 2.38. The molecule has 3 aromatic rings. The summed E-state index contributed by atoms with van der Waals surface area (Å²) in [5, 5.41) is 27.5. The molecule has 2 saturated heterocycles. The number of ether oxygens (including phenoxy) is 2. The number of morpholine rings is 1. The second-order valence-corrected chi connectivity index (χ2v) is 8.82. The molecule has 3 aliphatic rings. The number of piperidine rings is 1. The number of rotatable bonds is 3. The Morgan fingerprint density at radius 1 is 1.09 bits per heavy atom. The number of fused-ring (bicyclic) bond motifs is 3. The van der Waals surface area contributed by atoms with Crippen LogP contribution in [0.25, 0.3) is 22.4 Å². The van der Waals surface area contributed by atoms with Gasteiger partial charge in [-0.15, -0.1) is 10.2 Å². The molecule has 1 aromatic carbocycles. The summed E-state index contributed by atoms with van der Waals surface area (Å²) in [6.45, 7) is 2.95. The summed E-state index contributed by atoms with van der Waals surface area (Å²) < 4.78 is 13.4. The number of aromatic nitrogens is 4. The van der Waals surface area contributed by atoms with Crippen molar-refractivity contribution < 1.29 is 14.6 Å². The number of benzene rings is 1. The highest BCUT2D eigenvalue weighted by atomic mass is 16.5. The fourth-order valence-corrected chi connectivity index (χ4v) is 5.08. The molecule has 0 aliphatic carbocycles. The topological polar surface area (TPSA) is 97.6 Å². The standard InChI is InChI=1S/C23H26N6O3/c1-28-11-15(10-24-28)14-2-3-19(21(30)6-14)20-9-22-23(27-26-20)29(4-5-32-22)18-7-16-12-31-13-17(8-18)25-16/h2-3,6,9-11,16-18,25,30H,4-5,7-8,12-13H2,1H3. The van der Waals surface area contributed by atoms with Crippen LogP contribution in [0.15, 0.2) is 36.7 Å². The van der Waals surface area contributed by atoms with E-state index in [0.717, 1.165) is 55.3 Å². The van der Waals surface area contributed by atoms with Gasteiger partial charge in [0, 0.05) is 48.6 Å². The molecule has 2 aromatic heterocycles. The number of hydrogen-bond donors (Lipinski definition) is 2. The summed E-state index contributed by atoms with van der Waals surface area (Å²) in [7, 11) is 1.87. The van der Waals surface area contributed by atoms with Crippen molar-refractivity contribution in [2.45, 2.75) is 31.0 Å². The van der Waals surface area contributed by atoms with Crippen molar-refractivity contribution >= 4 is 5.82 Å².